The van der Waals surface area contributed by atoms with Crippen LogP contribution in [-0.2, 0) is 9.59 Å². The summed E-state index contributed by atoms with van der Waals surface area (Å²) in [5.74, 6) is -4.71. The van der Waals surface area contributed by atoms with Crippen LogP contribution in [0.5, 0.6) is 11.5 Å². The molecular formula is C27H26F2N2O6. The number of hydrogen-bond donors (Lipinski definition) is 1. The zero-order chi connectivity index (χ0) is 27.3. The Morgan fingerprint density at radius 1 is 0.919 bits per heavy atom. The van der Waals surface area contributed by atoms with Crippen molar-refractivity contribution in [3.05, 3.63) is 89.2 Å². The number of carboxylic acids is 1. The Morgan fingerprint density at radius 3 is 1.86 bits per heavy atom. The lowest BCUT2D eigenvalue weighted by Gasteiger charge is -2.38. The number of aromatic nitrogens is 1. The van der Waals surface area contributed by atoms with E-state index >= 15 is 0 Å². The van der Waals surface area contributed by atoms with Crippen LogP contribution < -0.4 is 9.47 Å². The molecule has 2 atom stereocenters. The third-order valence-electron chi connectivity index (χ3n) is 5.93. The fourth-order valence-corrected chi connectivity index (χ4v) is 4.19. The van der Waals surface area contributed by atoms with Crippen molar-refractivity contribution in [1.82, 2.24) is 9.88 Å². The van der Waals surface area contributed by atoms with E-state index in [0.717, 1.165) is 11.8 Å². The second-order valence-electron chi connectivity index (χ2n) is 8.33. The van der Waals surface area contributed by atoms with Gasteiger partial charge in [0.2, 0.25) is 5.75 Å². The molecule has 0 saturated carbocycles. The van der Waals surface area contributed by atoms with Crippen molar-refractivity contribution in [2.75, 3.05) is 7.11 Å². The van der Waals surface area contributed by atoms with Gasteiger partial charge in [0.25, 0.3) is 5.91 Å². The van der Waals surface area contributed by atoms with E-state index in [2.05, 4.69) is 4.98 Å². The van der Waals surface area contributed by atoms with Crippen LogP contribution in [0, 0.1) is 11.6 Å². The number of esters is 1. The molecule has 0 spiro atoms. The molecule has 3 aromatic rings. The van der Waals surface area contributed by atoms with Gasteiger partial charge in [-0.15, -0.1) is 0 Å². The highest BCUT2D eigenvalue weighted by molar-refractivity contribution is 5.98. The van der Waals surface area contributed by atoms with Gasteiger partial charge in [-0.05, 0) is 49.2 Å². The lowest BCUT2D eigenvalue weighted by Crippen LogP contribution is -2.51. The average molecular weight is 513 g/mol. The van der Waals surface area contributed by atoms with Gasteiger partial charge in [0, 0.05) is 31.1 Å². The molecule has 0 fully saturated rings. The summed E-state index contributed by atoms with van der Waals surface area (Å²) in [4.78, 5) is 43.0. The lowest BCUT2D eigenvalue weighted by atomic mass is 9.84. The number of aliphatic carboxylic acids is 1. The molecule has 0 aliphatic carbocycles. The highest BCUT2D eigenvalue weighted by atomic mass is 19.1. The summed E-state index contributed by atoms with van der Waals surface area (Å²) in [6.07, 6.45) is 1.27. The number of ether oxygens (including phenoxy) is 2. The van der Waals surface area contributed by atoms with Gasteiger partial charge in [0.05, 0.1) is 7.11 Å². The van der Waals surface area contributed by atoms with Gasteiger partial charge in [0.1, 0.15) is 17.7 Å². The molecule has 1 N–H and O–H groups in total. The summed E-state index contributed by atoms with van der Waals surface area (Å²) in [5, 5.41) is 9.88. The Hall–Kier alpha value is -4.34. The van der Waals surface area contributed by atoms with E-state index in [9.17, 15) is 28.3 Å². The first kappa shape index (κ1) is 27.3. The summed E-state index contributed by atoms with van der Waals surface area (Å²) >= 11 is 0. The summed E-state index contributed by atoms with van der Waals surface area (Å²) < 4.78 is 37.9. The molecule has 0 bridgehead atoms. The Kier molecular flexibility index (Phi) is 8.54. The maximum absolute atomic E-state index is 13.9. The highest BCUT2D eigenvalue weighted by Gasteiger charge is 2.38. The normalized spacial score (nSPS) is 12.5. The fourth-order valence-electron chi connectivity index (χ4n) is 4.19. The molecule has 1 amide bonds. The smallest absolute Gasteiger partial charge is 0.326 e. The Bertz CT molecular complexity index is 1240. The molecule has 1 heterocycles. The fraction of sp³-hybridized carbons (Fsp3) is 0.259. The second kappa shape index (κ2) is 11.6. The van der Waals surface area contributed by atoms with Gasteiger partial charge in [-0.1, -0.05) is 24.3 Å². The molecule has 194 valence electrons. The predicted molar refractivity (Wildman–Crippen MR) is 129 cm³/mol. The molecule has 10 heteroatoms. The van der Waals surface area contributed by atoms with E-state index in [1.807, 2.05) is 0 Å². The number of methoxy groups -OCH3 is 1. The summed E-state index contributed by atoms with van der Waals surface area (Å²) in [6.45, 7) is 4.09. The molecular weight excluding hydrogens is 486 g/mol. The third kappa shape index (κ3) is 6.08. The van der Waals surface area contributed by atoms with E-state index in [-0.39, 0.29) is 17.2 Å². The number of halogens is 2. The van der Waals surface area contributed by atoms with Gasteiger partial charge >= 0.3 is 11.9 Å². The van der Waals surface area contributed by atoms with Gasteiger partial charge in [0.15, 0.2) is 11.4 Å². The number of carbonyl (C=O) groups is 3. The summed E-state index contributed by atoms with van der Waals surface area (Å²) in [6, 6.07) is 10.2. The van der Waals surface area contributed by atoms with Crippen molar-refractivity contribution in [3.63, 3.8) is 0 Å². The third-order valence-corrected chi connectivity index (χ3v) is 5.93. The maximum Gasteiger partial charge on any atom is 0.326 e. The minimum Gasteiger partial charge on any atom is -0.493 e. The lowest BCUT2D eigenvalue weighted by molar-refractivity contribution is -0.142. The summed E-state index contributed by atoms with van der Waals surface area (Å²) in [7, 11) is 1.32. The highest BCUT2D eigenvalue weighted by Crippen LogP contribution is 2.36. The van der Waals surface area contributed by atoms with Crippen LogP contribution >= 0.6 is 0 Å². The molecule has 3 rings (SSSR count). The number of pyridine rings is 1. The molecule has 37 heavy (non-hydrogen) atoms. The monoisotopic (exact) mass is 512 g/mol. The van der Waals surface area contributed by atoms with Crippen LogP contribution in [0.15, 0.2) is 60.8 Å². The molecule has 1 unspecified atom stereocenters. The van der Waals surface area contributed by atoms with Crippen LogP contribution in [-0.4, -0.2) is 52.0 Å². The van der Waals surface area contributed by atoms with Gasteiger partial charge in [-0.3, -0.25) is 9.59 Å². The van der Waals surface area contributed by atoms with Crippen molar-refractivity contribution >= 4 is 17.8 Å². The molecule has 0 saturated heterocycles. The van der Waals surface area contributed by atoms with Crippen molar-refractivity contribution in [3.8, 4) is 11.5 Å². The molecule has 8 nitrogen and oxygen atoms in total. The Labute approximate surface area is 212 Å². The van der Waals surface area contributed by atoms with Gasteiger partial charge < -0.3 is 19.5 Å². The van der Waals surface area contributed by atoms with Gasteiger partial charge in [-0.25, -0.2) is 18.6 Å². The number of carboxylic acid groups (broad SMARTS) is 1. The first-order valence-electron chi connectivity index (χ1n) is 11.3. The Balaban J connectivity index is 2.19. The first-order chi connectivity index (χ1) is 17.5. The Morgan fingerprint density at radius 2 is 1.43 bits per heavy atom. The molecule has 0 aliphatic rings. The zero-order valence-electron chi connectivity index (χ0n) is 20.6. The topological polar surface area (TPSA) is 106 Å². The number of carbonyl (C=O) groups excluding carboxylic acids is 2. The van der Waals surface area contributed by atoms with Crippen LogP contribution in [0.4, 0.5) is 8.78 Å². The zero-order valence-corrected chi connectivity index (χ0v) is 20.6. The average Bonchev–Trinajstić information content (AvgIpc) is 2.86. The minimum absolute atomic E-state index is 0.0535. The number of benzene rings is 2. The van der Waals surface area contributed by atoms with Gasteiger partial charge in [-0.2, -0.15) is 0 Å². The van der Waals surface area contributed by atoms with Crippen molar-refractivity contribution in [2.24, 2.45) is 0 Å². The minimum atomic E-state index is -1.36. The van der Waals surface area contributed by atoms with E-state index in [1.54, 1.807) is 6.92 Å². The molecule has 0 radical (unpaired) electrons. The van der Waals surface area contributed by atoms with Crippen LogP contribution in [0.25, 0.3) is 0 Å². The predicted octanol–water partition coefficient (Wildman–Crippen LogP) is 4.43. The quantitative estimate of drug-likeness (QED) is 0.423. The maximum atomic E-state index is 13.9. The number of rotatable bonds is 9. The number of hydrogen-bond acceptors (Lipinski definition) is 6. The summed E-state index contributed by atoms with van der Waals surface area (Å²) in [5.41, 5.74) is 0.802. The molecule has 2 aromatic carbocycles. The molecule has 0 aliphatic heterocycles. The van der Waals surface area contributed by atoms with E-state index in [0.29, 0.717) is 11.1 Å². The standard InChI is InChI=1S/C27H26F2N2O6/c1-15(23(18-5-9-20(28)10-6-18)19-7-11-21(29)12-8-19)31(16(2)27(34)35)26(33)24-25(37-17(3)32)22(36-4)13-14-30-24/h5-16,23H,1-4H3,(H,34,35)/t15?,16-/m0/s1. The van der Waals surface area contributed by atoms with Crippen molar-refractivity contribution in [1.29, 1.82) is 0 Å². The first-order valence-corrected chi connectivity index (χ1v) is 11.3. The van der Waals surface area contributed by atoms with E-state index < -0.39 is 47.5 Å². The van der Waals surface area contributed by atoms with Crippen LogP contribution in [0.3, 0.4) is 0 Å². The van der Waals surface area contributed by atoms with E-state index in [1.165, 1.54) is 74.8 Å². The van der Waals surface area contributed by atoms with E-state index in [4.69, 9.17) is 9.47 Å². The van der Waals surface area contributed by atoms with Crippen molar-refractivity contribution in [2.45, 2.75) is 38.8 Å². The largest absolute Gasteiger partial charge is 0.493 e. The van der Waals surface area contributed by atoms with Crippen LogP contribution in [0.2, 0.25) is 0 Å². The number of amides is 1. The van der Waals surface area contributed by atoms with Crippen LogP contribution in [0.1, 0.15) is 48.3 Å². The SMILES string of the molecule is COc1ccnc(C(=O)N(C(C)C(c2ccc(F)cc2)c2ccc(F)cc2)[C@@H](C)C(=O)O)c1OC(C)=O. The van der Waals surface area contributed by atoms with Crippen molar-refractivity contribution < 1.29 is 37.7 Å². The second-order valence-corrected chi connectivity index (χ2v) is 8.33. The number of nitrogens with zero attached hydrogens (tertiary/aromatic N) is 2. The molecule has 1 aromatic heterocycles.